The molecule has 2 fully saturated rings. The van der Waals surface area contributed by atoms with Crippen LogP contribution in [0.5, 0.6) is 0 Å². The van der Waals surface area contributed by atoms with Crippen LogP contribution >= 0.6 is 0 Å². The van der Waals surface area contributed by atoms with Crippen molar-refractivity contribution in [3.05, 3.63) is 30.0 Å². The smallest absolute Gasteiger partial charge is 0.245 e. The summed E-state index contributed by atoms with van der Waals surface area (Å²) in [6.45, 7) is 5.51. The van der Waals surface area contributed by atoms with Crippen LogP contribution in [0.2, 0.25) is 0 Å². The van der Waals surface area contributed by atoms with Gasteiger partial charge in [-0.1, -0.05) is 13.8 Å². The van der Waals surface area contributed by atoms with E-state index in [4.69, 9.17) is 9.15 Å². The average Bonchev–Trinajstić information content (AvgIpc) is 3.21. The lowest BCUT2D eigenvalue weighted by atomic mass is 10.0. The lowest BCUT2D eigenvalue weighted by molar-refractivity contribution is 0.0328. The van der Waals surface area contributed by atoms with Crippen molar-refractivity contribution in [2.45, 2.75) is 38.4 Å². The molecule has 2 aliphatic rings. The average molecular weight is 319 g/mol. The Kier molecular flexibility index (Phi) is 3.48. The highest BCUT2D eigenvalue weighted by atomic mass is 19.1. The number of rotatable bonds is 3. The molecule has 2 aromatic rings. The first-order valence-corrected chi connectivity index (χ1v) is 7.81. The first-order valence-electron chi connectivity index (χ1n) is 7.81. The van der Waals surface area contributed by atoms with Crippen LogP contribution in [0, 0.1) is 11.7 Å². The summed E-state index contributed by atoms with van der Waals surface area (Å²) < 4.78 is 24.7. The predicted molar refractivity (Wildman–Crippen MR) is 78.3 cm³/mol. The van der Waals surface area contributed by atoms with Crippen molar-refractivity contribution in [3.8, 4) is 0 Å². The summed E-state index contributed by atoms with van der Waals surface area (Å²) in [5.74, 6) is 1.89. The van der Waals surface area contributed by atoms with E-state index in [-0.39, 0.29) is 18.1 Å². The van der Waals surface area contributed by atoms with Gasteiger partial charge in [-0.3, -0.25) is 0 Å². The zero-order valence-corrected chi connectivity index (χ0v) is 13.0. The highest BCUT2D eigenvalue weighted by Crippen LogP contribution is 2.41. The second-order valence-electron chi connectivity index (χ2n) is 6.40. The molecule has 2 aliphatic heterocycles. The van der Waals surface area contributed by atoms with Crippen LogP contribution in [0.3, 0.4) is 0 Å². The molecule has 0 radical (unpaired) electrons. The van der Waals surface area contributed by atoms with Gasteiger partial charge in [0, 0.05) is 24.9 Å². The van der Waals surface area contributed by atoms with Crippen LogP contribution in [0.15, 0.2) is 16.8 Å². The van der Waals surface area contributed by atoms with E-state index in [1.165, 1.54) is 12.4 Å². The molecule has 2 aromatic heterocycles. The van der Waals surface area contributed by atoms with E-state index < -0.39 is 5.82 Å². The zero-order chi connectivity index (χ0) is 16.0. The Morgan fingerprint density at radius 2 is 2.00 bits per heavy atom. The minimum atomic E-state index is -0.429. The molecule has 8 heteroatoms. The van der Waals surface area contributed by atoms with Gasteiger partial charge in [-0.05, 0) is 6.42 Å². The number of hydrogen-bond donors (Lipinski definition) is 0. The highest BCUT2D eigenvalue weighted by molar-refractivity contribution is 5.32. The van der Waals surface area contributed by atoms with E-state index in [0.717, 1.165) is 13.0 Å². The van der Waals surface area contributed by atoms with E-state index in [1.807, 2.05) is 18.7 Å². The normalized spacial score (nSPS) is 27.0. The maximum Gasteiger partial charge on any atom is 0.245 e. The van der Waals surface area contributed by atoms with Crippen LogP contribution in [-0.4, -0.2) is 39.4 Å². The summed E-state index contributed by atoms with van der Waals surface area (Å²) in [6.07, 6.45) is 3.16. The molecule has 0 N–H and O–H groups in total. The third-order valence-corrected chi connectivity index (χ3v) is 4.35. The predicted octanol–water partition coefficient (Wildman–Crippen LogP) is 2.09. The molecule has 7 nitrogen and oxygen atoms in total. The summed E-state index contributed by atoms with van der Waals surface area (Å²) in [7, 11) is 0. The number of aromatic nitrogens is 4. The van der Waals surface area contributed by atoms with E-state index >= 15 is 0 Å². The van der Waals surface area contributed by atoms with Crippen molar-refractivity contribution in [1.82, 2.24) is 20.2 Å². The van der Waals surface area contributed by atoms with Crippen molar-refractivity contribution >= 4 is 5.95 Å². The topological polar surface area (TPSA) is 77.2 Å². The Balaban J connectivity index is 1.42. The molecule has 4 rings (SSSR count). The summed E-state index contributed by atoms with van der Waals surface area (Å²) in [4.78, 5) is 10.1. The fraction of sp³-hybridized carbons (Fsp3) is 0.600. The van der Waals surface area contributed by atoms with Crippen LogP contribution in [-0.2, 0) is 4.74 Å². The van der Waals surface area contributed by atoms with Gasteiger partial charge in [-0.2, -0.15) is 0 Å². The van der Waals surface area contributed by atoms with Gasteiger partial charge in [-0.25, -0.2) is 14.4 Å². The Hall–Kier alpha value is -2.09. The first kappa shape index (κ1) is 14.5. The second-order valence-corrected chi connectivity index (χ2v) is 6.40. The molecule has 2 saturated heterocycles. The fourth-order valence-corrected chi connectivity index (χ4v) is 3.16. The van der Waals surface area contributed by atoms with Crippen LogP contribution in [0.25, 0.3) is 0 Å². The monoisotopic (exact) mass is 319 g/mol. The van der Waals surface area contributed by atoms with Crippen LogP contribution in [0.4, 0.5) is 10.3 Å². The lowest BCUT2D eigenvalue weighted by Crippen LogP contribution is -2.25. The lowest BCUT2D eigenvalue weighted by Gasteiger charge is -2.17. The standard InChI is InChI=1S/C15H18FN5O2/c1-8(2)13-19-20-14(23-13)11-3-9-6-21(7-12(9)22-11)15-17-4-10(16)5-18-15/h4-5,8-9,11-12H,3,6-7H2,1-2H3/t9-,11-,12+/m0/s1. The maximum atomic E-state index is 12.9. The molecule has 0 aromatic carbocycles. The number of halogens is 1. The third kappa shape index (κ3) is 2.67. The van der Waals surface area contributed by atoms with E-state index in [0.29, 0.717) is 30.2 Å². The van der Waals surface area contributed by atoms with Gasteiger partial charge in [0.05, 0.1) is 18.5 Å². The first-order chi connectivity index (χ1) is 11.1. The maximum absolute atomic E-state index is 12.9. The highest BCUT2D eigenvalue weighted by Gasteiger charge is 2.45. The van der Waals surface area contributed by atoms with E-state index in [9.17, 15) is 4.39 Å². The van der Waals surface area contributed by atoms with Gasteiger partial charge in [0.1, 0.15) is 6.10 Å². The molecule has 3 atom stereocenters. The van der Waals surface area contributed by atoms with Gasteiger partial charge in [0.2, 0.25) is 17.7 Å². The van der Waals surface area contributed by atoms with Gasteiger partial charge >= 0.3 is 0 Å². The third-order valence-electron chi connectivity index (χ3n) is 4.35. The Labute approximate surface area is 132 Å². The number of nitrogens with zero attached hydrogens (tertiary/aromatic N) is 5. The molecule has 23 heavy (non-hydrogen) atoms. The molecule has 0 unspecified atom stereocenters. The molecule has 0 aliphatic carbocycles. The molecule has 0 bridgehead atoms. The SMILES string of the molecule is CC(C)c1nnc([C@@H]2C[C@H]3CN(c4ncc(F)cn4)C[C@H]3O2)o1. The van der Waals surface area contributed by atoms with Crippen molar-refractivity contribution in [2.75, 3.05) is 18.0 Å². The van der Waals surface area contributed by atoms with E-state index in [2.05, 4.69) is 20.2 Å². The fourth-order valence-electron chi connectivity index (χ4n) is 3.16. The van der Waals surface area contributed by atoms with Crippen LogP contribution in [0.1, 0.15) is 44.1 Å². The Bertz CT molecular complexity index is 675. The van der Waals surface area contributed by atoms with Crippen molar-refractivity contribution in [2.24, 2.45) is 5.92 Å². The summed E-state index contributed by atoms with van der Waals surface area (Å²) >= 11 is 0. The molecule has 0 saturated carbocycles. The molecule has 122 valence electrons. The summed E-state index contributed by atoms with van der Waals surface area (Å²) in [6, 6.07) is 0. The number of hydrogen-bond acceptors (Lipinski definition) is 7. The Morgan fingerprint density at radius 1 is 1.22 bits per heavy atom. The Morgan fingerprint density at radius 3 is 2.65 bits per heavy atom. The largest absolute Gasteiger partial charge is 0.422 e. The van der Waals surface area contributed by atoms with Crippen molar-refractivity contribution in [1.29, 1.82) is 0 Å². The van der Waals surface area contributed by atoms with Gasteiger partial charge < -0.3 is 14.1 Å². The minimum absolute atomic E-state index is 0.0862. The van der Waals surface area contributed by atoms with Crippen molar-refractivity contribution < 1.29 is 13.5 Å². The second kappa shape index (κ2) is 5.52. The number of ether oxygens (including phenoxy) is 1. The van der Waals surface area contributed by atoms with Gasteiger partial charge in [0.25, 0.3) is 0 Å². The number of fused-ring (bicyclic) bond motifs is 1. The number of anilines is 1. The summed E-state index contributed by atoms with van der Waals surface area (Å²) in [5, 5.41) is 8.17. The molecule has 0 spiro atoms. The zero-order valence-electron chi connectivity index (χ0n) is 13.0. The van der Waals surface area contributed by atoms with Crippen LogP contribution < -0.4 is 4.90 Å². The minimum Gasteiger partial charge on any atom is -0.422 e. The molecule has 0 amide bonds. The molecular formula is C15H18FN5O2. The van der Waals surface area contributed by atoms with Crippen molar-refractivity contribution in [3.63, 3.8) is 0 Å². The molecule has 4 heterocycles. The quantitative estimate of drug-likeness (QED) is 0.857. The van der Waals surface area contributed by atoms with E-state index in [1.54, 1.807) is 0 Å². The van der Waals surface area contributed by atoms with Gasteiger partial charge in [-0.15, -0.1) is 10.2 Å². The molecular weight excluding hydrogens is 301 g/mol. The van der Waals surface area contributed by atoms with Gasteiger partial charge in [0.15, 0.2) is 5.82 Å². The summed E-state index contributed by atoms with van der Waals surface area (Å²) in [5.41, 5.74) is 0.